The summed E-state index contributed by atoms with van der Waals surface area (Å²) in [5.41, 5.74) is 1.41. The number of esters is 1. The summed E-state index contributed by atoms with van der Waals surface area (Å²) < 4.78 is 4.98. The average molecular weight is 463 g/mol. The molecule has 0 saturated carbocycles. The molecule has 0 aliphatic carbocycles. The number of rotatable bonds is 8. The molecule has 162 valence electrons. The van der Waals surface area contributed by atoms with E-state index in [0.717, 1.165) is 4.90 Å². The number of imide groups is 1. The largest absolute Gasteiger partial charge is 0.456 e. The zero-order valence-electron chi connectivity index (χ0n) is 16.7. The fourth-order valence-corrected chi connectivity index (χ4v) is 3.83. The minimum Gasteiger partial charge on any atom is -0.456 e. The second-order valence-electron chi connectivity index (χ2n) is 7.03. The van der Waals surface area contributed by atoms with Crippen molar-refractivity contribution in [3.63, 3.8) is 0 Å². The van der Waals surface area contributed by atoms with E-state index in [1.807, 2.05) is 0 Å². The Balaban J connectivity index is 1.40. The van der Waals surface area contributed by atoms with Crippen LogP contribution >= 0.6 is 23.2 Å². The predicted octanol–water partition coefficient (Wildman–Crippen LogP) is 3.79. The Bertz CT molecular complexity index is 1010. The van der Waals surface area contributed by atoms with Gasteiger partial charge < -0.3 is 10.1 Å². The highest BCUT2D eigenvalue weighted by atomic mass is 35.5. The van der Waals surface area contributed by atoms with Crippen LogP contribution in [0.4, 0.5) is 0 Å². The number of ether oxygens (including phenoxy) is 1. The van der Waals surface area contributed by atoms with Crippen LogP contribution in [0.25, 0.3) is 0 Å². The topological polar surface area (TPSA) is 92.8 Å². The molecule has 7 nitrogen and oxygen atoms in total. The molecule has 0 aromatic heterocycles. The maximum absolute atomic E-state index is 12.3. The summed E-state index contributed by atoms with van der Waals surface area (Å²) in [5.74, 6) is -1.82. The molecule has 0 bridgehead atoms. The fourth-order valence-electron chi connectivity index (χ4n) is 3.26. The van der Waals surface area contributed by atoms with Crippen LogP contribution in [0, 0.1) is 0 Å². The smallest absolute Gasteiger partial charge is 0.306 e. The number of hydrogen-bond donors (Lipinski definition) is 1. The molecule has 2 aromatic carbocycles. The van der Waals surface area contributed by atoms with Gasteiger partial charge in [0, 0.05) is 23.0 Å². The van der Waals surface area contributed by atoms with Crippen molar-refractivity contribution in [1.82, 2.24) is 10.2 Å². The van der Waals surface area contributed by atoms with Gasteiger partial charge in [-0.05, 0) is 43.2 Å². The Morgan fingerprint density at radius 1 is 1.06 bits per heavy atom. The first-order valence-electron chi connectivity index (χ1n) is 9.63. The van der Waals surface area contributed by atoms with Crippen LogP contribution in [0.5, 0.6) is 0 Å². The normalized spacial score (nSPS) is 13.7. The molecule has 1 aliphatic heterocycles. The maximum Gasteiger partial charge on any atom is 0.306 e. The van der Waals surface area contributed by atoms with Gasteiger partial charge in [-0.3, -0.25) is 24.1 Å². The van der Waals surface area contributed by atoms with E-state index in [1.165, 1.54) is 0 Å². The molecule has 31 heavy (non-hydrogen) atoms. The van der Waals surface area contributed by atoms with Crippen LogP contribution in [0.2, 0.25) is 10.0 Å². The van der Waals surface area contributed by atoms with Crippen molar-refractivity contribution in [2.75, 3.05) is 13.2 Å². The lowest BCUT2D eigenvalue weighted by molar-refractivity contribution is -0.148. The van der Waals surface area contributed by atoms with Gasteiger partial charge in [0.05, 0.1) is 17.2 Å². The highest BCUT2D eigenvalue weighted by Crippen LogP contribution is 2.26. The molecule has 1 N–H and O–H groups in total. The van der Waals surface area contributed by atoms with E-state index < -0.39 is 24.5 Å². The maximum atomic E-state index is 12.3. The van der Waals surface area contributed by atoms with Gasteiger partial charge in [-0.2, -0.15) is 0 Å². The van der Waals surface area contributed by atoms with Gasteiger partial charge >= 0.3 is 5.97 Å². The minimum atomic E-state index is -0.594. The van der Waals surface area contributed by atoms with Gasteiger partial charge in [0.1, 0.15) is 0 Å². The molecule has 1 aliphatic rings. The number of nitrogens with zero attached hydrogens (tertiary/aromatic N) is 1. The number of hydrogen-bond acceptors (Lipinski definition) is 5. The van der Waals surface area contributed by atoms with E-state index in [2.05, 4.69) is 5.32 Å². The Labute approximate surface area is 189 Å². The van der Waals surface area contributed by atoms with Gasteiger partial charge in [-0.25, -0.2) is 0 Å². The number of carbonyl (C=O) groups excluding carboxylic acids is 4. The van der Waals surface area contributed by atoms with E-state index in [0.29, 0.717) is 26.7 Å². The number of nitrogens with one attached hydrogen (secondary N) is 1. The van der Waals surface area contributed by atoms with Crippen molar-refractivity contribution in [2.24, 2.45) is 0 Å². The van der Waals surface area contributed by atoms with Crippen LogP contribution in [0.3, 0.4) is 0 Å². The van der Waals surface area contributed by atoms with Crippen LogP contribution in [0.1, 0.15) is 52.1 Å². The SMILES string of the molecule is CC(NC(=O)COC(=O)CCCN1C(=O)c2ccccc2C1=O)c1ccc(Cl)cc1Cl. The summed E-state index contributed by atoms with van der Waals surface area (Å²) in [4.78, 5) is 49.6. The number of carbonyl (C=O) groups is 4. The molecule has 1 heterocycles. The Kier molecular flexibility index (Phi) is 7.30. The van der Waals surface area contributed by atoms with Crippen molar-refractivity contribution in [3.05, 3.63) is 69.2 Å². The highest BCUT2D eigenvalue weighted by molar-refractivity contribution is 6.35. The molecule has 1 unspecified atom stereocenters. The first kappa shape index (κ1) is 22.8. The monoisotopic (exact) mass is 462 g/mol. The lowest BCUT2D eigenvalue weighted by Crippen LogP contribution is -2.32. The Hall–Kier alpha value is -2.90. The Morgan fingerprint density at radius 3 is 2.32 bits per heavy atom. The van der Waals surface area contributed by atoms with Crippen molar-refractivity contribution in [1.29, 1.82) is 0 Å². The molecular formula is C22H20Cl2N2O5. The minimum absolute atomic E-state index is 0.0285. The third-order valence-corrected chi connectivity index (χ3v) is 5.37. The number of amides is 3. The summed E-state index contributed by atoms with van der Waals surface area (Å²) in [6.07, 6.45) is 0.210. The second kappa shape index (κ2) is 9.94. The molecule has 2 aromatic rings. The third-order valence-electron chi connectivity index (χ3n) is 4.81. The van der Waals surface area contributed by atoms with Gasteiger partial charge in [0.25, 0.3) is 17.7 Å². The van der Waals surface area contributed by atoms with Gasteiger partial charge in [-0.1, -0.05) is 41.4 Å². The zero-order valence-corrected chi connectivity index (χ0v) is 18.2. The molecule has 0 fully saturated rings. The molecule has 0 spiro atoms. The highest BCUT2D eigenvalue weighted by Gasteiger charge is 2.34. The fraction of sp³-hybridized carbons (Fsp3) is 0.273. The molecular weight excluding hydrogens is 443 g/mol. The zero-order chi connectivity index (χ0) is 22.5. The third kappa shape index (κ3) is 5.42. The summed E-state index contributed by atoms with van der Waals surface area (Å²) in [6.45, 7) is 1.40. The number of benzene rings is 2. The summed E-state index contributed by atoms with van der Waals surface area (Å²) in [5, 5.41) is 3.60. The summed E-state index contributed by atoms with van der Waals surface area (Å²) >= 11 is 12.0. The number of halogens is 2. The van der Waals surface area contributed by atoms with Gasteiger partial charge in [0.2, 0.25) is 0 Å². The van der Waals surface area contributed by atoms with Gasteiger partial charge in [0.15, 0.2) is 6.61 Å². The second-order valence-corrected chi connectivity index (χ2v) is 7.87. The molecule has 1 atom stereocenters. The van der Waals surface area contributed by atoms with Crippen LogP contribution < -0.4 is 5.32 Å². The molecule has 0 saturated heterocycles. The standard InChI is InChI=1S/C22H20Cl2N2O5/c1-13(15-9-8-14(23)11-18(15)24)25-19(27)12-31-20(28)7-4-10-26-21(29)16-5-2-3-6-17(16)22(26)30/h2-3,5-6,8-9,11,13H,4,7,10,12H2,1H3,(H,25,27). The van der Waals surface area contributed by atoms with Crippen LogP contribution in [0.15, 0.2) is 42.5 Å². The quantitative estimate of drug-likeness (QED) is 0.475. The van der Waals surface area contributed by atoms with Gasteiger partial charge in [-0.15, -0.1) is 0 Å². The van der Waals surface area contributed by atoms with Crippen molar-refractivity contribution < 1.29 is 23.9 Å². The van der Waals surface area contributed by atoms with Crippen LogP contribution in [-0.4, -0.2) is 41.7 Å². The lowest BCUT2D eigenvalue weighted by atomic mass is 10.1. The molecule has 3 amide bonds. The average Bonchev–Trinajstić information content (AvgIpc) is 2.97. The van der Waals surface area contributed by atoms with E-state index in [-0.39, 0.29) is 31.2 Å². The molecule has 3 rings (SSSR count). The lowest BCUT2D eigenvalue weighted by Gasteiger charge is -2.16. The summed E-state index contributed by atoms with van der Waals surface area (Å²) in [6, 6.07) is 11.1. The predicted molar refractivity (Wildman–Crippen MR) is 115 cm³/mol. The van der Waals surface area contributed by atoms with Crippen molar-refractivity contribution in [2.45, 2.75) is 25.8 Å². The van der Waals surface area contributed by atoms with E-state index in [1.54, 1.807) is 49.4 Å². The first-order valence-corrected chi connectivity index (χ1v) is 10.4. The number of fused-ring (bicyclic) bond motifs is 1. The van der Waals surface area contributed by atoms with Crippen molar-refractivity contribution in [3.8, 4) is 0 Å². The molecule has 0 radical (unpaired) electrons. The molecule has 9 heteroatoms. The van der Waals surface area contributed by atoms with Crippen LogP contribution in [-0.2, 0) is 14.3 Å². The summed E-state index contributed by atoms with van der Waals surface area (Å²) in [7, 11) is 0. The Morgan fingerprint density at radius 2 is 1.71 bits per heavy atom. The van der Waals surface area contributed by atoms with E-state index in [4.69, 9.17) is 27.9 Å². The van der Waals surface area contributed by atoms with Crippen molar-refractivity contribution >= 4 is 46.9 Å². The van der Waals surface area contributed by atoms with E-state index in [9.17, 15) is 19.2 Å². The first-order chi connectivity index (χ1) is 14.8. The van der Waals surface area contributed by atoms with E-state index >= 15 is 0 Å².